The zero-order valence-corrected chi connectivity index (χ0v) is 11.6. The molecule has 1 saturated heterocycles. The monoisotopic (exact) mass is 276 g/mol. The van der Waals surface area contributed by atoms with Crippen molar-refractivity contribution in [1.29, 1.82) is 0 Å². The van der Waals surface area contributed by atoms with Gasteiger partial charge in [0.1, 0.15) is 0 Å². The summed E-state index contributed by atoms with van der Waals surface area (Å²) in [6, 6.07) is 10.5. The SMILES string of the molecule is COc1nsnc1N1CCN(c2ccccc2)CC1. The molecule has 3 rings (SSSR count). The second-order valence-electron chi connectivity index (χ2n) is 4.41. The molecule has 0 radical (unpaired) electrons. The van der Waals surface area contributed by atoms with E-state index in [1.807, 2.05) is 6.07 Å². The summed E-state index contributed by atoms with van der Waals surface area (Å²) in [6.07, 6.45) is 0. The third kappa shape index (κ3) is 2.49. The van der Waals surface area contributed by atoms with Gasteiger partial charge in [0, 0.05) is 31.9 Å². The van der Waals surface area contributed by atoms with E-state index in [1.54, 1.807) is 7.11 Å². The molecule has 0 unspecified atom stereocenters. The Morgan fingerprint density at radius 1 is 1.00 bits per heavy atom. The first-order valence-corrected chi connectivity index (χ1v) is 7.03. The van der Waals surface area contributed by atoms with E-state index >= 15 is 0 Å². The molecule has 0 bridgehead atoms. The molecule has 0 atom stereocenters. The van der Waals surface area contributed by atoms with Crippen LogP contribution in [0.3, 0.4) is 0 Å². The lowest BCUT2D eigenvalue weighted by atomic mass is 10.2. The van der Waals surface area contributed by atoms with Gasteiger partial charge in [-0.05, 0) is 12.1 Å². The third-order valence-electron chi connectivity index (χ3n) is 3.34. The quantitative estimate of drug-likeness (QED) is 0.856. The number of rotatable bonds is 3. The molecule has 100 valence electrons. The maximum atomic E-state index is 5.23. The Morgan fingerprint density at radius 3 is 2.37 bits per heavy atom. The van der Waals surface area contributed by atoms with Crippen LogP contribution >= 0.6 is 11.7 Å². The van der Waals surface area contributed by atoms with Crippen molar-refractivity contribution in [1.82, 2.24) is 8.75 Å². The van der Waals surface area contributed by atoms with Gasteiger partial charge >= 0.3 is 0 Å². The van der Waals surface area contributed by atoms with E-state index in [9.17, 15) is 0 Å². The Kier molecular flexibility index (Phi) is 3.50. The number of aromatic nitrogens is 2. The summed E-state index contributed by atoms with van der Waals surface area (Å²) >= 11 is 1.20. The molecule has 6 heteroatoms. The van der Waals surface area contributed by atoms with Crippen LogP contribution in [0.25, 0.3) is 0 Å². The van der Waals surface area contributed by atoms with Gasteiger partial charge in [0.25, 0.3) is 5.88 Å². The minimum Gasteiger partial charge on any atom is -0.478 e. The first kappa shape index (κ1) is 12.2. The number of piperazine rings is 1. The molecule has 1 aromatic heterocycles. The van der Waals surface area contributed by atoms with Crippen LogP contribution < -0.4 is 14.5 Å². The van der Waals surface area contributed by atoms with E-state index < -0.39 is 0 Å². The second-order valence-corrected chi connectivity index (χ2v) is 4.94. The van der Waals surface area contributed by atoms with Crippen LogP contribution in [0.1, 0.15) is 0 Å². The van der Waals surface area contributed by atoms with Crippen LogP contribution in [-0.4, -0.2) is 42.0 Å². The minimum atomic E-state index is 0.637. The van der Waals surface area contributed by atoms with Gasteiger partial charge in [-0.25, -0.2) is 0 Å². The first-order valence-electron chi connectivity index (χ1n) is 6.30. The Morgan fingerprint density at radius 2 is 1.68 bits per heavy atom. The molecule has 0 amide bonds. The Bertz CT molecular complexity index is 522. The zero-order chi connectivity index (χ0) is 13.1. The Balaban J connectivity index is 1.67. The standard InChI is InChI=1S/C13H16N4OS/c1-18-13-12(14-19-15-13)17-9-7-16(8-10-17)11-5-3-2-4-6-11/h2-6H,7-10H2,1H3. The molecule has 0 spiro atoms. The third-order valence-corrected chi connectivity index (χ3v) is 3.84. The van der Waals surface area contributed by atoms with E-state index in [4.69, 9.17) is 4.74 Å². The van der Waals surface area contributed by atoms with E-state index in [0.29, 0.717) is 5.88 Å². The molecule has 1 aromatic carbocycles. The summed E-state index contributed by atoms with van der Waals surface area (Å²) in [5.74, 6) is 1.51. The maximum absolute atomic E-state index is 5.23. The summed E-state index contributed by atoms with van der Waals surface area (Å²) in [5, 5.41) is 0. The number of nitrogens with zero attached hydrogens (tertiary/aromatic N) is 4. The average molecular weight is 276 g/mol. The molecule has 0 aliphatic carbocycles. The topological polar surface area (TPSA) is 41.5 Å². The van der Waals surface area contributed by atoms with Crippen LogP contribution in [-0.2, 0) is 0 Å². The van der Waals surface area contributed by atoms with E-state index in [2.05, 4.69) is 42.8 Å². The molecule has 2 aromatic rings. The Hall–Kier alpha value is -1.82. The molecule has 1 fully saturated rings. The maximum Gasteiger partial charge on any atom is 0.270 e. The number of hydrogen-bond acceptors (Lipinski definition) is 6. The van der Waals surface area contributed by atoms with Crippen molar-refractivity contribution in [2.75, 3.05) is 43.1 Å². The molecule has 2 heterocycles. The van der Waals surface area contributed by atoms with Gasteiger partial charge in [-0.2, -0.15) is 4.37 Å². The highest BCUT2D eigenvalue weighted by molar-refractivity contribution is 6.99. The van der Waals surface area contributed by atoms with Gasteiger partial charge in [0.15, 0.2) is 0 Å². The molecular weight excluding hydrogens is 260 g/mol. The van der Waals surface area contributed by atoms with Gasteiger partial charge < -0.3 is 14.5 Å². The van der Waals surface area contributed by atoms with E-state index in [-0.39, 0.29) is 0 Å². The van der Waals surface area contributed by atoms with Crippen LogP contribution in [0.15, 0.2) is 30.3 Å². The van der Waals surface area contributed by atoms with Crippen LogP contribution in [0.2, 0.25) is 0 Å². The molecular formula is C13H16N4OS. The van der Waals surface area contributed by atoms with Gasteiger partial charge in [0.2, 0.25) is 5.82 Å². The van der Waals surface area contributed by atoms with Crippen molar-refractivity contribution in [2.24, 2.45) is 0 Å². The average Bonchev–Trinajstić information content (AvgIpc) is 2.97. The van der Waals surface area contributed by atoms with Crippen molar-refractivity contribution >= 4 is 23.2 Å². The van der Waals surface area contributed by atoms with Crippen LogP contribution in [0, 0.1) is 0 Å². The zero-order valence-electron chi connectivity index (χ0n) is 10.8. The highest BCUT2D eigenvalue weighted by Crippen LogP contribution is 2.26. The number of hydrogen-bond donors (Lipinski definition) is 0. The molecule has 19 heavy (non-hydrogen) atoms. The summed E-state index contributed by atoms with van der Waals surface area (Å²) < 4.78 is 13.7. The minimum absolute atomic E-state index is 0.637. The summed E-state index contributed by atoms with van der Waals surface area (Å²) in [4.78, 5) is 4.63. The molecule has 1 aliphatic rings. The fourth-order valence-corrected chi connectivity index (χ4v) is 2.85. The predicted octanol–water partition coefficient (Wildman–Crippen LogP) is 1.87. The fourth-order valence-electron chi connectivity index (χ4n) is 2.31. The number of anilines is 2. The van der Waals surface area contributed by atoms with Gasteiger partial charge in [-0.1, -0.05) is 18.2 Å². The van der Waals surface area contributed by atoms with Crippen LogP contribution in [0.4, 0.5) is 11.5 Å². The van der Waals surface area contributed by atoms with E-state index in [0.717, 1.165) is 32.0 Å². The summed E-state index contributed by atoms with van der Waals surface area (Å²) in [6.45, 7) is 3.86. The van der Waals surface area contributed by atoms with Crippen molar-refractivity contribution in [2.45, 2.75) is 0 Å². The normalized spacial score (nSPS) is 15.6. The summed E-state index contributed by atoms with van der Waals surface area (Å²) in [7, 11) is 1.64. The highest BCUT2D eigenvalue weighted by Gasteiger charge is 2.22. The lowest BCUT2D eigenvalue weighted by Gasteiger charge is -2.36. The van der Waals surface area contributed by atoms with Crippen LogP contribution in [0.5, 0.6) is 5.88 Å². The van der Waals surface area contributed by atoms with Crippen molar-refractivity contribution in [3.63, 3.8) is 0 Å². The smallest absolute Gasteiger partial charge is 0.270 e. The number of ether oxygens (including phenoxy) is 1. The number of methoxy groups -OCH3 is 1. The number of benzene rings is 1. The van der Waals surface area contributed by atoms with Crippen molar-refractivity contribution < 1.29 is 4.74 Å². The van der Waals surface area contributed by atoms with Crippen molar-refractivity contribution in [3.05, 3.63) is 30.3 Å². The lowest BCUT2D eigenvalue weighted by molar-refractivity contribution is 0.400. The van der Waals surface area contributed by atoms with Gasteiger partial charge in [-0.3, -0.25) is 0 Å². The first-order chi connectivity index (χ1) is 9.38. The predicted molar refractivity (Wildman–Crippen MR) is 77.3 cm³/mol. The second kappa shape index (κ2) is 5.44. The van der Waals surface area contributed by atoms with Crippen molar-refractivity contribution in [3.8, 4) is 5.88 Å². The molecule has 0 N–H and O–H groups in total. The highest BCUT2D eigenvalue weighted by atomic mass is 32.1. The van der Waals surface area contributed by atoms with Gasteiger partial charge in [0.05, 0.1) is 18.8 Å². The lowest BCUT2D eigenvalue weighted by Crippen LogP contribution is -2.46. The van der Waals surface area contributed by atoms with E-state index in [1.165, 1.54) is 17.4 Å². The fraction of sp³-hybridized carbons (Fsp3) is 0.385. The Labute approximate surface area is 116 Å². The molecule has 0 saturated carbocycles. The van der Waals surface area contributed by atoms with Gasteiger partial charge in [-0.15, -0.1) is 4.37 Å². The summed E-state index contributed by atoms with van der Waals surface area (Å²) in [5.41, 5.74) is 1.28. The molecule has 1 aliphatic heterocycles. The molecule has 5 nitrogen and oxygen atoms in total. The number of para-hydroxylation sites is 1. The largest absolute Gasteiger partial charge is 0.478 e.